The summed E-state index contributed by atoms with van der Waals surface area (Å²) in [7, 11) is 1.87. The number of allylic oxidation sites excluding steroid dienone is 1. The molecule has 0 bridgehead atoms. The molecule has 0 aliphatic carbocycles. The Hall–Kier alpha value is -1.35. The fourth-order valence-electron chi connectivity index (χ4n) is 1.44. The molecule has 0 aliphatic rings. The van der Waals surface area contributed by atoms with E-state index in [1.165, 1.54) is 17.7 Å². The summed E-state index contributed by atoms with van der Waals surface area (Å²) in [6, 6.07) is 4.78. The van der Waals surface area contributed by atoms with E-state index >= 15 is 0 Å². The van der Waals surface area contributed by atoms with Crippen molar-refractivity contribution in [2.24, 2.45) is 0 Å². The number of nitrogens with one attached hydrogen (secondary N) is 1. The van der Waals surface area contributed by atoms with Gasteiger partial charge in [0.25, 0.3) is 0 Å². The molecule has 1 atom stereocenters. The van der Waals surface area contributed by atoms with Crippen LogP contribution in [0.1, 0.15) is 32.4 Å². The summed E-state index contributed by atoms with van der Waals surface area (Å²) >= 11 is 0. The van der Waals surface area contributed by atoms with Crippen LogP contribution in [0.25, 0.3) is 0 Å². The zero-order valence-corrected chi connectivity index (χ0v) is 10.9. The summed E-state index contributed by atoms with van der Waals surface area (Å²) in [5.74, 6) is 0.327. The van der Waals surface area contributed by atoms with Crippen molar-refractivity contribution >= 4 is 0 Å². The van der Waals surface area contributed by atoms with Crippen molar-refractivity contribution in [3.63, 3.8) is 0 Å². The second-order valence-corrected chi connectivity index (χ2v) is 4.28. The van der Waals surface area contributed by atoms with Crippen molar-refractivity contribution in [3.05, 3.63) is 41.2 Å². The van der Waals surface area contributed by atoms with Crippen LogP contribution in [-0.2, 0) is 0 Å². The third kappa shape index (κ3) is 4.19. The Morgan fingerprint density at radius 1 is 1.47 bits per heavy atom. The van der Waals surface area contributed by atoms with E-state index in [1.54, 1.807) is 6.07 Å². The molecule has 0 saturated carbocycles. The van der Waals surface area contributed by atoms with Gasteiger partial charge in [-0.3, -0.25) is 0 Å². The number of hydrogen-bond donors (Lipinski definition) is 1. The van der Waals surface area contributed by atoms with Gasteiger partial charge >= 0.3 is 0 Å². The molecule has 1 N–H and O–H groups in total. The highest BCUT2D eigenvalue weighted by Gasteiger charge is 2.10. The first-order chi connectivity index (χ1) is 8.04. The molecule has 0 heterocycles. The Morgan fingerprint density at radius 3 is 2.76 bits per heavy atom. The molecule has 0 fully saturated rings. The minimum Gasteiger partial charge on any atom is -0.489 e. The molecule has 0 radical (unpaired) electrons. The molecule has 0 aromatic heterocycles. The van der Waals surface area contributed by atoms with Gasteiger partial charge in [0.2, 0.25) is 0 Å². The van der Waals surface area contributed by atoms with Gasteiger partial charge in [0.1, 0.15) is 18.2 Å². The molecular weight excluding hydrogens is 217 g/mol. The van der Waals surface area contributed by atoms with Crippen LogP contribution in [-0.4, -0.2) is 13.7 Å². The number of rotatable bonds is 5. The van der Waals surface area contributed by atoms with E-state index in [-0.39, 0.29) is 11.9 Å². The maximum atomic E-state index is 13.2. The van der Waals surface area contributed by atoms with Crippen molar-refractivity contribution in [1.82, 2.24) is 5.32 Å². The Labute approximate surface area is 102 Å². The predicted octanol–water partition coefficient (Wildman–Crippen LogP) is 3.45. The number of benzene rings is 1. The van der Waals surface area contributed by atoms with Crippen LogP contribution < -0.4 is 10.1 Å². The summed E-state index contributed by atoms with van der Waals surface area (Å²) < 4.78 is 18.8. The van der Waals surface area contributed by atoms with Gasteiger partial charge in [-0.15, -0.1) is 0 Å². The Kier molecular flexibility index (Phi) is 5.16. The van der Waals surface area contributed by atoms with E-state index in [0.717, 1.165) is 5.56 Å². The molecule has 3 heteroatoms. The first kappa shape index (κ1) is 13.7. The van der Waals surface area contributed by atoms with E-state index in [2.05, 4.69) is 5.32 Å². The van der Waals surface area contributed by atoms with Crippen LogP contribution in [0.5, 0.6) is 5.75 Å². The van der Waals surface area contributed by atoms with Crippen molar-refractivity contribution in [2.75, 3.05) is 13.7 Å². The average Bonchev–Trinajstić information content (AvgIpc) is 2.28. The van der Waals surface area contributed by atoms with Gasteiger partial charge in [-0.1, -0.05) is 11.6 Å². The van der Waals surface area contributed by atoms with Crippen molar-refractivity contribution in [1.29, 1.82) is 0 Å². The summed E-state index contributed by atoms with van der Waals surface area (Å²) in [5.41, 5.74) is 2.15. The van der Waals surface area contributed by atoms with Gasteiger partial charge in [0.15, 0.2) is 0 Å². The molecule has 1 unspecified atom stereocenters. The van der Waals surface area contributed by atoms with Gasteiger partial charge < -0.3 is 10.1 Å². The smallest absolute Gasteiger partial charge is 0.127 e. The zero-order chi connectivity index (χ0) is 12.8. The number of hydrogen-bond acceptors (Lipinski definition) is 2. The maximum absolute atomic E-state index is 13.2. The zero-order valence-electron chi connectivity index (χ0n) is 10.9. The van der Waals surface area contributed by atoms with Crippen LogP contribution in [0.4, 0.5) is 4.39 Å². The standard InChI is InChI=1S/C14H20FNO/c1-10(2)7-8-17-14-9-12(15)5-6-13(14)11(3)16-4/h5-7,9,11,16H,8H2,1-4H3. The van der Waals surface area contributed by atoms with Crippen molar-refractivity contribution in [2.45, 2.75) is 26.8 Å². The van der Waals surface area contributed by atoms with Gasteiger partial charge in [-0.2, -0.15) is 0 Å². The number of halogens is 1. The van der Waals surface area contributed by atoms with Crippen LogP contribution in [0.2, 0.25) is 0 Å². The third-order valence-electron chi connectivity index (χ3n) is 2.61. The minimum absolute atomic E-state index is 0.136. The molecule has 0 saturated heterocycles. The van der Waals surface area contributed by atoms with Crippen LogP contribution >= 0.6 is 0 Å². The van der Waals surface area contributed by atoms with E-state index in [0.29, 0.717) is 12.4 Å². The number of ether oxygens (including phenoxy) is 1. The molecule has 0 aliphatic heterocycles. The lowest BCUT2D eigenvalue weighted by molar-refractivity contribution is 0.351. The monoisotopic (exact) mass is 237 g/mol. The molecule has 1 aromatic rings. The normalized spacial score (nSPS) is 12.1. The molecule has 94 valence electrons. The van der Waals surface area contributed by atoms with E-state index in [9.17, 15) is 4.39 Å². The average molecular weight is 237 g/mol. The van der Waals surface area contributed by atoms with Crippen LogP contribution in [0, 0.1) is 5.82 Å². The Morgan fingerprint density at radius 2 is 2.18 bits per heavy atom. The van der Waals surface area contributed by atoms with Crippen LogP contribution in [0.3, 0.4) is 0 Å². The Balaban J connectivity index is 2.87. The summed E-state index contributed by atoms with van der Waals surface area (Å²) in [6.07, 6.45) is 1.97. The lowest BCUT2D eigenvalue weighted by Crippen LogP contribution is -2.14. The Bertz CT molecular complexity index is 397. The maximum Gasteiger partial charge on any atom is 0.127 e. The lowest BCUT2D eigenvalue weighted by atomic mass is 10.1. The highest BCUT2D eigenvalue weighted by Crippen LogP contribution is 2.25. The van der Waals surface area contributed by atoms with Gasteiger partial charge in [0, 0.05) is 17.7 Å². The largest absolute Gasteiger partial charge is 0.489 e. The van der Waals surface area contributed by atoms with Crippen molar-refractivity contribution < 1.29 is 9.13 Å². The third-order valence-corrected chi connectivity index (χ3v) is 2.61. The fourth-order valence-corrected chi connectivity index (χ4v) is 1.44. The SMILES string of the molecule is CNC(C)c1ccc(F)cc1OCC=C(C)C. The van der Waals surface area contributed by atoms with Gasteiger partial charge in [0.05, 0.1) is 0 Å². The summed E-state index contributed by atoms with van der Waals surface area (Å²) in [5, 5.41) is 3.12. The first-order valence-corrected chi connectivity index (χ1v) is 5.77. The molecular formula is C14H20FNO. The molecule has 2 nitrogen and oxygen atoms in total. The molecule has 0 amide bonds. The van der Waals surface area contributed by atoms with E-state index in [4.69, 9.17) is 4.74 Å². The van der Waals surface area contributed by atoms with Gasteiger partial charge in [-0.05, 0) is 40.0 Å². The topological polar surface area (TPSA) is 21.3 Å². The molecule has 17 heavy (non-hydrogen) atoms. The molecule has 1 aromatic carbocycles. The quantitative estimate of drug-likeness (QED) is 0.792. The van der Waals surface area contributed by atoms with E-state index < -0.39 is 0 Å². The fraction of sp³-hybridized carbons (Fsp3) is 0.429. The summed E-state index contributed by atoms with van der Waals surface area (Å²) in [4.78, 5) is 0. The van der Waals surface area contributed by atoms with Crippen LogP contribution in [0.15, 0.2) is 29.8 Å². The van der Waals surface area contributed by atoms with E-state index in [1.807, 2.05) is 33.9 Å². The second-order valence-electron chi connectivity index (χ2n) is 4.28. The molecule has 0 spiro atoms. The highest BCUT2D eigenvalue weighted by molar-refractivity contribution is 5.36. The predicted molar refractivity (Wildman–Crippen MR) is 68.8 cm³/mol. The van der Waals surface area contributed by atoms with Gasteiger partial charge in [-0.25, -0.2) is 4.39 Å². The second kappa shape index (κ2) is 6.40. The first-order valence-electron chi connectivity index (χ1n) is 5.77. The minimum atomic E-state index is -0.274. The summed E-state index contributed by atoms with van der Waals surface area (Å²) in [6.45, 7) is 6.49. The molecule has 1 rings (SSSR count). The lowest BCUT2D eigenvalue weighted by Gasteiger charge is -2.16. The highest BCUT2D eigenvalue weighted by atomic mass is 19.1. The van der Waals surface area contributed by atoms with Crippen molar-refractivity contribution in [3.8, 4) is 5.75 Å².